The Balaban J connectivity index is 1.68. The van der Waals surface area contributed by atoms with Crippen LogP contribution in [0.15, 0.2) is 47.4 Å². The number of rotatable bonds is 4. The normalized spacial score (nSPS) is 14.9. The number of hydrogen-bond donors (Lipinski definition) is 1. The number of nitrogens with zero attached hydrogens (tertiary/aromatic N) is 2. The number of hydrogen-bond acceptors (Lipinski definition) is 4. The number of halogens is 1. The Morgan fingerprint density at radius 2 is 1.83 bits per heavy atom. The Morgan fingerprint density at radius 1 is 1.10 bits per heavy atom. The number of aryl methyl sites for hydroxylation is 2. The van der Waals surface area contributed by atoms with E-state index < -0.39 is 10.0 Å². The molecule has 0 spiro atoms. The largest absolute Gasteiger partial charge is 0.321 e. The summed E-state index contributed by atoms with van der Waals surface area (Å²) >= 11 is 6.22. The van der Waals surface area contributed by atoms with E-state index >= 15 is 0 Å². The third kappa shape index (κ3) is 3.80. The minimum absolute atomic E-state index is 0.135. The fourth-order valence-electron chi connectivity index (χ4n) is 3.71. The van der Waals surface area contributed by atoms with Gasteiger partial charge >= 0.3 is 0 Å². The molecule has 0 bridgehead atoms. The zero-order valence-electron chi connectivity index (χ0n) is 16.8. The van der Waals surface area contributed by atoms with Crippen LogP contribution in [0.2, 0.25) is 5.02 Å². The van der Waals surface area contributed by atoms with Gasteiger partial charge in [0.25, 0.3) is 5.91 Å². The Hall–Kier alpha value is -2.48. The van der Waals surface area contributed by atoms with Crippen molar-refractivity contribution in [2.45, 2.75) is 31.6 Å². The topological polar surface area (TPSA) is 79.4 Å². The molecular weight excluding hydrogens is 422 g/mol. The van der Waals surface area contributed by atoms with Crippen molar-refractivity contribution in [3.63, 3.8) is 0 Å². The van der Waals surface area contributed by atoms with E-state index in [1.54, 1.807) is 24.3 Å². The minimum atomic E-state index is -3.59. The van der Waals surface area contributed by atoms with Crippen LogP contribution in [-0.2, 0) is 10.0 Å². The van der Waals surface area contributed by atoms with E-state index in [9.17, 15) is 13.2 Å². The van der Waals surface area contributed by atoms with Crippen LogP contribution in [0, 0.1) is 13.8 Å². The average Bonchev–Trinajstić information content (AvgIpc) is 3.27. The molecule has 30 heavy (non-hydrogen) atoms. The van der Waals surface area contributed by atoms with E-state index in [1.165, 1.54) is 16.4 Å². The first-order valence-corrected chi connectivity index (χ1v) is 11.6. The highest BCUT2D eigenvalue weighted by Crippen LogP contribution is 2.30. The van der Waals surface area contributed by atoms with E-state index in [2.05, 4.69) is 10.3 Å². The molecule has 156 valence electrons. The molecule has 0 saturated carbocycles. The molecule has 1 amide bonds. The standard InChI is InChI=1S/C22H22ClN3O3S/c1-14-12-20(18-8-9-19(23)15(2)21(18)24-14)25-22(27)16-6-5-7-17(13-16)30(28,29)26-10-3-4-11-26/h5-9,12-13H,3-4,10-11H2,1-2H3,(H,24,25,27). The molecule has 2 heterocycles. The van der Waals surface area contributed by atoms with Gasteiger partial charge in [0.15, 0.2) is 0 Å². The van der Waals surface area contributed by atoms with Gasteiger partial charge < -0.3 is 5.32 Å². The third-order valence-corrected chi connectivity index (χ3v) is 7.65. The monoisotopic (exact) mass is 443 g/mol. The van der Waals surface area contributed by atoms with Crippen LogP contribution < -0.4 is 5.32 Å². The van der Waals surface area contributed by atoms with Crippen LogP contribution in [0.25, 0.3) is 10.9 Å². The Kier molecular flexibility index (Phi) is 5.53. The lowest BCUT2D eigenvalue weighted by atomic mass is 10.1. The first kappa shape index (κ1) is 20.8. The van der Waals surface area contributed by atoms with Crippen LogP contribution in [0.4, 0.5) is 5.69 Å². The van der Waals surface area contributed by atoms with Crippen LogP contribution in [0.3, 0.4) is 0 Å². The number of nitrogens with one attached hydrogen (secondary N) is 1. The quantitative estimate of drug-likeness (QED) is 0.641. The highest BCUT2D eigenvalue weighted by molar-refractivity contribution is 7.89. The maximum atomic E-state index is 13.0. The van der Waals surface area contributed by atoms with Gasteiger partial charge in [0.05, 0.1) is 16.1 Å². The molecular formula is C22H22ClN3O3S. The van der Waals surface area contributed by atoms with Gasteiger partial charge in [-0.25, -0.2) is 8.42 Å². The van der Waals surface area contributed by atoms with Crippen molar-refractivity contribution >= 4 is 44.1 Å². The maximum absolute atomic E-state index is 13.0. The number of sulfonamides is 1. The predicted octanol–water partition coefficient (Wildman–Crippen LogP) is 4.54. The summed E-state index contributed by atoms with van der Waals surface area (Å²) in [6, 6.07) is 11.5. The van der Waals surface area contributed by atoms with Gasteiger partial charge in [0.1, 0.15) is 0 Å². The second-order valence-electron chi connectivity index (χ2n) is 7.47. The van der Waals surface area contributed by atoms with E-state index in [1.807, 2.05) is 19.9 Å². The Morgan fingerprint density at radius 3 is 2.57 bits per heavy atom. The molecule has 1 saturated heterocycles. The van der Waals surface area contributed by atoms with Gasteiger partial charge in [-0.3, -0.25) is 9.78 Å². The van der Waals surface area contributed by atoms with Crippen LogP contribution >= 0.6 is 11.6 Å². The summed E-state index contributed by atoms with van der Waals surface area (Å²) in [5, 5.41) is 4.29. The van der Waals surface area contributed by atoms with Crippen molar-refractivity contribution in [3.8, 4) is 0 Å². The molecule has 0 aliphatic carbocycles. The molecule has 1 aromatic heterocycles. The highest BCUT2D eigenvalue weighted by Gasteiger charge is 2.27. The van der Waals surface area contributed by atoms with E-state index in [0.29, 0.717) is 23.8 Å². The van der Waals surface area contributed by atoms with Crippen LogP contribution in [-0.4, -0.2) is 36.7 Å². The van der Waals surface area contributed by atoms with E-state index in [4.69, 9.17) is 11.6 Å². The molecule has 1 aliphatic heterocycles. The summed E-state index contributed by atoms with van der Waals surface area (Å²) in [4.78, 5) is 17.6. The summed E-state index contributed by atoms with van der Waals surface area (Å²) in [6.45, 7) is 4.76. The van der Waals surface area contributed by atoms with Gasteiger partial charge in [0, 0.05) is 34.8 Å². The lowest BCUT2D eigenvalue weighted by Crippen LogP contribution is -2.28. The number of benzene rings is 2. The number of carbonyl (C=O) groups is 1. The first-order chi connectivity index (χ1) is 14.3. The van der Waals surface area contributed by atoms with Gasteiger partial charge in [-0.1, -0.05) is 17.7 Å². The molecule has 1 N–H and O–H groups in total. The molecule has 2 aromatic carbocycles. The smallest absolute Gasteiger partial charge is 0.255 e. The van der Waals surface area contributed by atoms with Crippen molar-refractivity contribution in [1.29, 1.82) is 0 Å². The van der Waals surface area contributed by atoms with Crippen LogP contribution in [0.1, 0.15) is 34.5 Å². The van der Waals surface area contributed by atoms with Crippen molar-refractivity contribution in [1.82, 2.24) is 9.29 Å². The van der Waals surface area contributed by atoms with Crippen molar-refractivity contribution in [3.05, 3.63) is 64.3 Å². The van der Waals surface area contributed by atoms with Crippen molar-refractivity contribution in [2.24, 2.45) is 0 Å². The average molecular weight is 444 g/mol. The summed E-state index contributed by atoms with van der Waals surface area (Å²) in [7, 11) is -3.59. The number of fused-ring (bicyclic) bond motifs is 1. The predicted molar refractivity (Wildman–Crippen MR) is 119 cm³/mol. The number of carbonyl (C=O) groups excluding carboxylic acids is 1. The van der Waals surface area contributed by atoms with Gasteiger partial charge in [0.2, 0.25) is 10.0 Å². The molecule has 0 radical (unpaired) electrons. The minimum Gasteiger partial charge on any atom is -0.321 e. The SMILES string of the molecule is Cc1cc(NC(=O)c2cccc(S(=O)(=O)N3CCCC3)c2)c2ccc(Cl)c(C)c2n1. The van der Waals surface area contributed by atoms with Crippen LogP contribution in [0.5, 0.6) is 0 Å². The van der Waals surface area contributed by atoms with E-state index in [-0.39, 0.29) is 16.4 Å². The number of anilines is 1. The molecule has 0 unspecified atom stereocenters. The number of pyridine rings is 1. The van der Waals surface area contributed by atoms with Gasteiger partial charge in [-0.2, -0.15) is 4.31 Å². The summed E-state index contributed by atoms with van der Waals surface area (Å²) in [5.41, 5.74) is 3.20. The zero-order valence-corrected chi connectivity index (χ0v) is 18.3. The first-order valence-electron chi connectivity index (χ1n) is 9.75. The molecule has 6 nitrogen and oxygen atoms in total. The highest BCUT2D eigenvalue weighted by atomic mass is 35.5. The van der Waals surface area contributed by atoms with Gasteiger partial charge in [-0.05, 0) is 68.7 Å². The molecule has 4 rings (SSSR count). The molecule has 1 fully saturated rings. The maximum Gasteiger partial charge on any atom is 0.255 e. The molecule has 3 aromatic rings. The third-order valence-electron chi connectivity index (χ3n) is 5.34. The lowest BCUT2D eigenvalue weighted by molar-refractivity contribution is 0.102. The number of aromatic nitrogens is 1. The molecule has 8 heteroatoms. The molecule has 0 atom stereocenters. The summed E-state index contributed by atoms with van der Waals surface area (Å²) in [6.07, 6.45) is 1.72. The van der Waals surface area contributed by atoms with Gasteiger partial charge in [-0.15, -0.1) is 0 Å². The molecule has 1 aliphatic rings. The summed E-state index contributed by atoms with van der Waals surface area (Å²) < 4.78 is 27.1. The van der Waals surface area contributed by atoms with E-state index in [0.717, 1.165) is 35.0 Å². The second kappa shape index (κ2) is 7.98. The fraction of sp³-hybridized carbons (Fsp3) is 0.273. The van der Waals surface area contributed by atoms with Crippen molar-refractivity contribution < 1.29 is 13.2 Å². The lowest BCUT2D eigenvalue weighted by Gasteiger charge is -2.16. The fourth-order valence-corrected chi connectivity index (χ4v) is 5.42. The summed E-state index contributed by atoms with van der Waals surface area (Å²) in [5.74, 6) is -0.382. The number of amides is 1. The second-order valence-corrected chi connectivity index (χ2v) is 9.82. The van der Waals surface area contributed by atoms with Crippen molar-refractivity contribution in [2.75, 3.05) is 18.4 Å². The zero-order chi connectivity index (χ0) is 21.5. The Labute approximate surface area is 180 Å². The Bertz CT molecular complexity index is 1250.